The van der Waals surface area contributed by atoms with Gasteiger partial charge >= 0.3 is 0 Å². The van der Waals surface area contributed by atoms with Crippen molar-refractivity contribution in [1.82, 2.24) is 9.88 Å². The number of ether oxygens (including phenoxy) is 1. The lowest BCUT2D eigenvalue weighted by Crippen LogP contribution is -2.54. The van der Waals surface area contributed by atoms with Gasteiger partial charge in [-0.1, -0.05) is 6.42 Å². The summed E-state index contributed by atoms with van der Waals surface area (Å²) in [5.41, 5.74) is 1.65. The zero-order valence-corrected chi connectivity index (χ0v) is 13.8. The Morgan fingerprint density at radius 1 is 1.26 bits per heavy atom. The fourth-order valence-electron chi connectivity index (χ4n) is 4.46. The second-order valence-electron chi connectivity index (χ2n) is 7.32. The number of amides is 1. The first kappa shape index (κ1) is 14.8. The molecule has 2 heterocycles. The molecule has 1 spiro atoms. The Kier molecular flexibility index (Phi) is 3.66. The molecular formula is C18H25N3O2. The van der Waals surface area contributed by atoms with E-state index in [2.05, 4.69) is 14.8 Å². The Bertz CT molecular complexity index is 584. The number of aromatic nitrogens is 1. The molecule has 0 N–H and O–H groups in total. The van der Waals surface area contributed by atoms with Crippen molar-refractivity contribution in [3.63, 3.8) is 0 Å². The normalized spacial score (nSPS) is 23.3. The lowest BCUT2D eigenvalue weighted by molar-refractivity contribution is -0.148. The standard InChI is InChI=1S/C18H25N3O2/c1-23-16-13-19-6-3-15(16)20-7-9-21(10-8-20)17(22)14-11-18(12-14)4-2-5-18/h3,6,13-14H,2,4-5,7-12H2,1H3. The molecule has 3 fully saturated rings. The van der Waals surface area contributed by atoms with Gasteiger partial charge < -0.3 is 14.5 Å². The van der Waals surface area contributed by atoms with Gasteiger partial charge in [0.15, 0.2) is 5.75 Å². The highest BCUT2D eigenvalue weighted by atomic mass is 16.5. The number of piperazine rings is 1. The largest absolute Gasteiger partial charge is 0.493 e. The number of nitrogens with zero attached hydrogens (tertiary/aromatic N) is 3. The molecule has 1 amide bonds. The highest BCUT2D eigenvalue weighted by molar-refractivity contribution is 5.80. The van der Waals surface area contributed by atoms with Crippen LogP contribution >= 0.6 is 0 Å². The summed E-state index contributed by atoms with van der Waals surface area (Å²) in [5, 5.41) is 0. The van der Waals surface area contributed by atoms with Crippen LogP contribution in [0.25, 0.3) is 0 Å². The smallest absolute Gasteiger partial charge is 0.225 e. The molecular weight excluding hydrogens is 290 g/mol. The molecule has 5 nitrogen and oxygen atoms in total. The van der Waals surface area contributed by atoms with Gasteiger partial charge in [0, 0.05) is 38.3 Å². The fourth-order valence-corrected chi connectivity index (χ4v) is 4.46. The third-order valence-corrected chi connectivity index (χ3v) is 6.04. The summed E-state index contributed by atoms with van der Waals surface area (Å²) in [6.45, 7) is 3.36. The summed E-state index contributed by atoms with van der Waals surface area (Å²) in [6, 6.07) is 1.99. The lowest BCUT2D eigenvalue weighted by atomic mass is 9.51. The zero-order valence-electron chi connectivity index (χ0n) is 13.8. The average Bonchev–Trinajstić information content (AvgIpc) is 2.52. The molecule has 23 heavy (non-hydrogen) atoms. The summed E-state index contributed by atoms with van der Waals surface area (Å²) in [6.07, 6.45) is 9.90. The van der Waals surface area contributed by atoms with Crippen LogP contribution in [0.2, 0.25) is 0 Å². The van der Waals surface area contributed by atoms with Crippen LogP contribution in [0, 0.1) is 11.3 Å². The van der Waals surface area contributed by atoms with Crippen LogP contribution in [0.3, 0.4) is 0 Å². The summed E-state index contributed by atoms with van der Waals surface area (Å²) < 4.78 is 5.39. The van der Waals surface area contributed by atoms with Crippen LogP contribution in [0.5, 0.6) is 5.75 Å². The molecule has 1 saturated heterocycles. The first-order chi connectivity index (χ1) is 11.2. The van der Waals surface area contributed by atoms with E-state index < -0.39 is 0 Å². The van der Waals surface area contributed by atoms with Crippen molar-refractivity contribution in [2.75, 3.05) is 38.2 Å². The number of anilines is 1. The maximum atomic E-state index is 12.6. The van der Waals surface area contributed by atoms with E-state index in [1.54, 1.807) is 19.5 Å². The number of rotatable bonds is 3. The summed E-state index contributed by atoms with van der Waals surface area (Å²) >= 11 is 0. The minimum Gasteiger partial charge on any atom is -0.493 e. The number of carbonyl (C=O) groups is 1. The molecule has 2 aliphatic carbocycles. The van der Waals surface area contributed by atoms with E-state index in [0.717, 1.165) is 50.5 Å². The van der Waals surface area contributed by atoms with Crippen molar-refractivity contribution < 1.29 is 9.53 Å². The number of carbonyl (C=O) groups excluding carboxylic acids is 1. The average molecular weight is 315 g/mol. The predicted octanol–water partition coefficient (Wildman–Crippen LogP) is 2.32. The van der Waals surface area contributed by atoms with Gasteiger partial charge in [-0.2, -0.15) is 0 Å². The lowest BCUT2D eigenvalue weighted by Gasteiger charge is -2.54. The van der Waals surface area contributed by atoms with Gasteiger partial charge in [-0.05, 0) is 37.2 Å². The van der Waals surface area contributed by atoms with Crippen LogP contribution in [0.4, 0.5) is 5.69 Å². The Balaban J connectivity index is 1.33. The van der Waals surface area contributed by atoms with E-state index in [-0.39, 0.29) is 0 Å². The SMILES string of the molecule is COc1cnccc1N1CCN(C(=O)C2CC3(CCC3)C2)CC1. The maximum absolute atomic E-state index is 12.6. The molecule has 3 aliphatic rings. The first-order valence-corrected chi connectivity index (χ1v) is 8.73. The van der Waals surface area contributed by atoms with Crippen LogP contribution in [-0.2, 0) is 4.79 Å². The quantitative estimate of drug-likeness (QED) is 0.859. The zero-order chi connectivity index (χ0) is 15.9. The van der Waals surface area contributed by atoms with Crippen molar-refractivity contribution in [1.29, 1.82) is 0 Å². The van der Waals surface area contributed by atoms with Crippen molar-refractivity contribution >= 4 is 11.6 Å². The monoisotopic (exact) mass is 315 g/mol. The van der Waals surface area contributed by atoms with Crippen LogP contribution < -0.4 is 9.64 Å². The van der Waals surface area contributed by atoms with Gasteiger partial charge in [0.1, 0.15) is 0 Å². The number of hydrogen-bond donors (Lipinski definition) is 0. The van der Waals surface area contributed by atoms with Crippen LogP contribution in [-0.4, -0.2) is 49.1 Å². The molecule has 1 aliphatic heterocycles. The molecule has 0 unspecified atom stereocenters. The van der Waals surface area contributed by atoms with E-state index in [4.69, 9.17) is 4.74 Å². The van der Waals surface area contributed by atoms with E-state index in [9.17, 15) is 4.79 Å². The van der Waals surface area contributed by atoms with Gasteiger partial charge in [-0.25, -0.2) is 0 Å². The van der Waals surface area contributed by atoms with Gasteiger partial charge in [0.05, 0.1) is 19.0 Å². The third-order valence-electron chi connectivity index (χ3n) is 6.04. The molecule has 5 heteroatoms. The van der Waals surface area contributed by atoms with Crippen molar-refractivity contribution in [3.8, 4) is 5.75 Å². The fraction of sp³-hybridized carbons (Fsp3) is 0.667. The van der Waals surface area contributed by atoms with Crippen molar-refractivity contribution in [2.24, 2.45) is 11.3 Å². The van der Waals surface area contributed by atoms with Gasteiger partial charge in [0.25, 0.3) is 0 Å². The van der Waals surface area contributed by atoms with Crippen LogP contribution in [0.1, 0.15) is 32.1 Å². The Morgan fingerprint density at radius 2 is 2.00 bits per heavy atom. The first-order valence-electron chi connectivity index (χ1n) is 8.73. The van der Waals surface area contributed by atoms with Gasteiger partial charge in [0.2, 0.25) is 5.91 Å². The predicted molar refractivity (Wildman–Crippen MR) is 88.6 cm³/mol. The Morgan fingerprint density at radius 3 is 2.61 bits per heavy atom. The molecule has 2 saturated carbocycles. The number of methoxy groups -OCH3 is 1. The Hall–Kier alpha value is -1.78. The summed E-state index contributed by atoms with van der Waals surface area (Å²) in [7, 11) is 1.67. The van der Waals surface area contributed by atoms with Crippen molar-refractivity contribution in [2.45, 2.75) is 32.1 Å². The molecule has 4 rings (SSSR count). The van der Waals surface area contributed by atoms with Crippen LogP contribution in [0.15, 0.2) is 18.5 Å². The van der Waals surface area contributed by atoms with E-state index >= 15 is 0 Å². The maximum Gasteiger partial charge on any atom is 0.225 e. The third kappa shape index (κ3) is 2.56. The number of hydrogen-bond acceptors (Lipinski definition) is 4. The minimum absolute atomic E-state index is 0.303. The minimum atomic E-state index is 0.303. The second-order valence-corrected chi connectivity index (χ2v) is 7.32. The highest BCUT2D eigenvalue weighted by Crippen LogP contribution is 2.59. The molecule has 0 radical (unpaired) electrons. The second kappa shape index (κ2) is 5.69. The van der Waals surface area contributed by atoms with Gasteiger partial charge in [-0.3, -0.25) is 9.78 Å². The molecule has 124 valence electrons. The molecule has 0 atom stereocenters. The van der Waals surface area contributed by atoms with E-state index in [1.807, 2.05) is 6.07 Å². The molecule has 0 bridgehead atoms. The van der Waals surface area contributed by atoms with Gasteiger partial charge in [-0.15, -0.1) is 0 Å². The molecule has 1 aromatic rings. The highest BCUT2D eigenvalue weighted by Gasteiger charge is 2.51. The van der Waals surface area contributed by atoms with E-state index in [0.29, 0.717) is 17.2 Å². The summed E-state index contributed by atoms with van der Waals surface area (Å²) in [5.74, 6) is 1.50. The molecule has 1 aromatic heterocycles. The Labute approximate surface area is 137 Å². The van der Waals surface area contributed by atoms with E-state index in [1.165, 1.54) is 19.3 Å². The summed E-state index contributed by atoms with van der Waals surface area (Å²) in [4.78, 5) is 21.1. The topological polar surface area (TPSA) is 45.7 Å². The van der Waals surface area contributed by atoms with Crippen molar-refractivity contribution in [3.05, 3.63) is 18.5 Å². The molecule has 0 aromatic carbocycles. The number of pyridine rings is 1.